The molecule has 108 valence electrons. The van der Waals surface area contributed by atoms with Gasteiger partial charge < -0.3 is 4.74 Å². The van der Waals surface area contributed by atoms with Crippen LogP contribution in [0.3, 0.4) is 0 Å². The van der Waals surface area contributed by atoms with E-state index < -0.39 is 21.1 Å². The quantitative estimate of drug-likeness (QED) is 0.747. The van der Waals surface area contributed by atoms with Gasteiger partial charge in [0.2, 0.25) is 0 Å². The minimum absolute atomic E-state index is 0.202. The van der Waals surface area contributed by atoms with Crippen LogP contribution in [0.5, 0.6) is 0 Å². The predicted molar refractivity (Wildman–Crippen MR) is 74.5 cm³/mol. The van der Waals surface area contributed by atoms with E-state index in [0.717, 1.165) is 0 Å². The minimum Gasteiger partial charge on any atom is -0.465 e. The van der Waals surface area contributed by atoms with Gasteiger partial charge >= 0.3 is 5.97 Å². The van der Waals surface area contributed by atoms with Gasteiger partial charge in [-0.15, -0.1) is 0 Å². The Morgan fingerprint density at radius 1 is 1.40 bits per heavy atom. The summed E-state index contributed by atoms with van der Waals surface area (Å²) in [5, 5.41) is 7.71. The number of nitriles is 1. The molecular weight excluding hydrogens is 278 g/mol. The van der Waals surface area contributed by atoms with E-state index in [1.54, 1.807) is 24.3 Å². The van der Waals surface area contributed by atoms with E-state index in [0.29, 0.717) is 17.5 Å². The van der Waals surface area contributed by atoms with E-state index in [1.807, 2.05) is 13.0 Å². The summed E-state index contributed by atoms with van der Waals surface area (Å²) in [6, 6.07) is 8.37. The molecule has 0 aliphatic rings. The highest BCUT2D eigenvalue weighted by Crippen LogP contribution is 2.16. The molecule has 6 heteroatoms. The Morgan fingerprint density at radius 2 is 2.05 bits per heavy atom. The van der Waals surface area contributed by atoms with E-state index >= 15 is 0 Å². The van der Waals surface area contributed by atoms with Crippen molar-refractivity contribution in [3.05, 3.63) is 35.4 Å². The number of hydrogen-bond acceptors (Lipinski definition) is 5. The lowest BCUT2D eigenvalue weighted by Gasteiger charge is -2.12. The van der Waals surface area contributed by atoms with E-state index in [9.17, 15) is 13.2 Å². The zero-order valence-electron chi connectivity index (χ0n) is 11.5. The molecule has 0 aliphatic heterocycles. The Balaban J connectivity index is 2.90. The Morgan fingerprint density at radius 3 is 2.65 bits per heavy atom. The molecule has 0 amide bonds. The van der Waals surface area contributed by atoms with Gasteiger partial charge in [-0.05, 0) is 25.0 Å². The van der Waals surface area contributed by atoms with Crippen LogP contribution in [0.25, 0.3) is 0 Å². The smallest absolute Gasteiger partial charge is 0.324 e. The first-order valence-corrected chi connectivity index (χ1v) is 8.00. The number of benzene rings is 1. The van der Waals surface area contributed by atoms with E-state index in [1.165, 1.54) is 6.92 Å². The normalized spacial score (nSPS) is 12.4. The van der Waals surface area contributed by atoms with E-state index in [-0.39, 0.29) is 12.4 Å². The molecule has 1 unspecified atom stereocenters. The van der Waals surface area contributed by atoms with Crippen LogP contribution in [0.2, 0.25) is 0 Å². The van der Waals surface area contributed by atoms with Gasteiger partial charge in [0.05, 0.1) is 24.0 Å². The van der Waals surface area contributed by atoms with Crippen molar-refractivity contribution in [1.29, 1.82) is 5.26 Å². The summed E-state index contributed by atoms with van der Waals surface area (Å²) in [5.74, 6) is -1.10. The van der Waals surface area contributed by atoms with E-state index in [2.05, 4.69) is 0 Å². The second kappa shape index (κ2) is 7.06. The summed E-state index contributed by atoms with van der Waals surface area (Å²) in [5.41, 5.74) is 0.690. The minimum atomic E-state index is -3.70. The maximum absolute atomic E-state index is 12.2. The molecule has 0 saturated carbocycles. The van der Waals surface area contributed by atoms with Gasteiger partial charge in [0.15, 0.2) is 15.1 Å². The third kappa shape index (κ3) is 4.07. The fourth-order valence-electron chi connectivity index (χ4n) is 1.56. The number of sulfone groups is 1. The topological polar surface area (TPSA) is 84.2 Å². The number of hydrogen-bond donors (Lipinski definition) is 0. The lowest BCUT2D eigenvalue weighted by Crippen LogP contribution is -2.30. The van der Waals surface area contributed by atoms with Crippen molar-refractivity contribution in [2.75, 3.05) is 6.61 Å². The van der Waals surface area contributed by atoms with Crippen LogP contribution in [-0.2, 0) is 25.1 Å². The second-order valence-electron chi connectivity index (χ2n) is 4.39. The molecule has 1 rings (SSSR count). The molecule has 5 nitrogen and oxygen atoms in total. The SMILES string of the molecule is CCCOC(=O)C(C)S(=O)(=O)Cc1ccccc1C#N. The van der Waals surface area contributed by atoms with Gasteiger partial charge in [0, 0.05) is 0 Å². The Labute approximate surface area is 119 Å². The molecule has 1 atom stereocenters. The Bertz CT molecular complexity index is 616. The average molecular weight is 295 g/mol. The van der Waals surface area contributed by atoms with Crippen molar-refractivity contribution in [3.63, 3.8) is 0 Å². The molecule has 0 bridgehead atoms. The lowest BCUT2D eigenvalue weighted by molar-refractivity contribution is -0.142. The van der Waals surface area contributed by atoms with Crippen LogP contribution in [0.15, 0.2) is 24.3 Å². The number of carbonyl (C=O) groups is 1. The number of carbonyl (C=O) groups excluding carboxylic acids is 1. The summed E-state index contributed by atoms with van der Waals surface area (Å²) >= 11 is 0. The molecule has 0 heterocycles. The summed E-state index contributed by atoms with van der Waals surface area (Å²) in [6.45, 7) is 3.34. The molecule has 0 N–H and O–H groups in total. The summed E-state index contributed by atoms with van der Waals surface area (Å²) in [4.78, 5) is 11.6. The average Bonchev–Trinajstić information content (AvgIpc) is 2.44. The molecule has 0 fully saturated rings. The fourth-order valence-corrected chi connectivity index (χ4v) is 2.86. The number of ether oxygens (including phenoxy) is 1. The van der Waals surface area contributed by atoms with Gasteiger partial charge in [-0.1, -0.05) is 25.1 Å². The van der Waals surface area contributed by atoms with E-state index in [4.69, 9.17) is 10.00 Å². The maximum atomic E-state index is 12.2. The highest BCUT2D eigenvalue weighted by molar-refractivity contribution is 7.92. The van der Waals surface area contributed by atoms with Crippen LogP contribution in [0.1, 0.15) is 31.4 Å². The third-order valence-corrected chi connectivity index (χ3v) is 4.80. The van der Waals surface area contributed by atoms with Crippen LogP contribution < -0.4 is 0 Å². The molecule has 0 saturated heterocycles. The van der Waals surface area contributed by atoms with Crippen LogP contribution in [0, 0.1) is 11.3 Å². The molecule has 1 aromatic carbocycles. The lowest BCUT2D eigenvalue weighted by atomic mass is 10.1. The zero-order valence-corrected chi connectivity index (χ0v) is 12.3. The monoisotopic (exact) mass is 295 g/mol. The predicted octanol–water partition coefficient (Wildman–Crippen LogP) is 1.81. The zero-order chi connectivity index (χ0) is 15.2. The number of rotatable bonds is 6. The number of esters is 1. The molecule has 0 aliphatic carbocycles. The summed E-state index contributed by atoms with van der Waals surface area (Å²) in [6.07, 6.45) is 0.635. The van der Waals surface area contributed by atoms with Crippen LogP contribution in [-0.4, -0.2) is 26.2 Å². The van der Waals surface area contributed by atoms with Crippen molar-refractivity contribution in [2.24, 2.45) is 0 Å². The summed E-state index contributed by atoms with van der Waals surface area (Å²) in [7, 11) is -3.70. The Hall–Kier alpha value is -1.87. The first kappa shape index (κ1) is 16.2. The van der Waals surface area contributed by atoms with Crippen molar-refractivity contribution in [1.82, 2.24) is 0 Å². The van der Waals surface area contributed by atoms with Gasteiger partial charge in [0.1, 0.15) is 0 Å². The van der Waals surface area contributed by atoms with Crippen molar-refractivity contribution < 1.29 is 17.9 Å². The molecule has 0 spiro atoms. The van der Waals surface area contributed by atoms with Crippen molar-refractivity contribution in [2.45, 2.75) is 31.3 Å². The molecular formula is C14H17NO4S. The van der Waals surface area contributed by atoms with Gasteiger partial charge in [-0.3, -0.25) is 4.79 Å². The van der Waals surface area contributed by atoms with Gasteiger partial charge in [-0.25, -0.2) is 8.42 Å². The highest BCUT2D eigenvalue weighted by Gasteiger charge is 2.30. The summed E-state index contributed by atoms with van der Waals surface area (Å²) < 4.78 is 29.2. The van der Waals surface area contributed by atoms with Crippen LogP contribution >= 0.6 is 0 Å². The maximum Gasteiger partial charge on any atom is 0.324 e. The highest BCUT2D eigenvalue weighted by atomic mass is 32.2. The second-order valence-corrected chi connectivity index (χ2v) is 6.71. The van der Waals surface area contributed by atoms with Crippen LogP contribution in [0.4, 0.5) is 0 Å². The van der Waals surface area contributed by atoms with Gasteiger partial charge in [-0.2, -0.15) is 5.26 Å². The molecule has 0 radical (unpaired) electrons. The number of nitrogens with zero attached hydrogens (tertiary/aromatic N) is 1. The standard InChI is InChI=1S/C14H17NO4S/c1-3-8-19-14(16)11(2)20(17,18)10-13-7-5-4-6-12(13)9-15/h4-7,11H,3,8,10H2,1-2H3. The van der Waals surface area contributed by atoms with Crippen molar-refractivity contribution >= 4 is 15.8 Å². The molecule has 0 aromatic heterocycles. The molecule has 20 heavy (non-hydrogen) atoms. The van der Waals surface area contributed by atoms with Gasteiger partial charge in [0.25, 0.3) is 0 Å². The largest absolute Gasteiger partial charge is 0.465 e. The first-order chi connectivity index (χ1) is 9.42. The fraction of sp³-hybridized carbons (Fsp3) is 0.429. The first-order valence-electron chi connectivity index (χ1n) is 6.28. The Kier molecular flexibility index (Phi) is 5.71. The molecule has 1 aromatic rings. The van der Waals surface area contributed by atoms with Crippen molar-refractivity contribution in [3.8, 4) is 6.07 Å². The third-order valence-electron chi connectivity index (χ3n) is 2.81.